The molecule has 0 spiro atoms. The van der Waals surface area contributed by atoms with Crippen LogP contribution >= 0.6 is 0 Å². The normalized spacial score (nSPS) is 13.9. The van der Waals surface area contributed by atoms with Crippen molar-refractivity contribution in [1.82, 2.24) is 9.97 Å². The Bertz CT molecular complexity index is 626. The van der Waals surface area contributed by atoms with Crippen LogP contribution in [0.3, 0.4) is 0 Å². The highest BCUT2D eigenvalue weighted by molar-refractivity contribution is 5.40. The van der Waals surface area contributed by atoms with Crippen molar-refractivity contribution in [1.29, 1.82) is 0 Å². The summed E-state index contributed by atoms with van der Waals surface area (Å²) in [6, 6.07) is 8.27. The topological polar surface area (TPSA) is 47.0 Å². The minimum absolute atomic E-state index is 0.225. The van der Waals surface area contributed by atoms with Crippen molar-refractivity contribution in [2.24, 2.45) is 0 Å². The highest BCUT2D eigenvalue weighted by atomic mass is 19.1. The number of rotatable bonds is 7. The molecule has 22 heavy (non-hydrogen) atoms. The van der Waals surface area contributed by atoms with Crippen molar-refractivity contribution in [3.8, 4) is 5.88 Å². The van der Waals surface area contributed by atoms with Crippen molar-refractivity contribution < 1.29 is 9.13 Å². The average molecular weight is 301 g/mol. The highest BCUT2D eigenvalue weighted by Crippen LogP contribution is 2.39. The molecule has 5 heteroatoms. The van der Waals surface area contributed by atoms with Gasteiger partial charge in [-0.1, -0.05) is 19.1 Å². The van der Waals surface area contributed by atoms with Crippen molar-refractivity contribution in [3.05, 3.63) is 47.5 Å². The molecule has 116 valence electrons. The largest absolute Gasteiger partial charge is 0.478 e. The third kappa shape index (κ3) is 3.93. The summed E-state index contributed by atoms with van der Waals surface area (Å²) < 4.78 is 18.6. The molecule has 4 nitrogen and oxygen atoms in total. The molecule has 0 bridgehead atoms. The molecule has 0 aliphatic heterocycles. The number of hydrogen-bond donors (Lipinski definition) is 1. The first-order valence-electron chi connectivity index (χ1n) is 7.74. The van der Waals surface area contributed by atoms with E-state index in [0.29, 0.717) is 24.9 Å². The van der Waals surface area contributed by atoms with Gasteiger partial charge in [0.1, 0.15) is 17.5 Å². The van der Waals surface area contributed by atoms with Crippen LogP contribution in [0.25, 0.3) is 0 Å². The van der Waals surface area contributed by atoms with Crippen molar-refractivity contribution in [3.63, 3.8) is 0 Å². The van der Waals surface area contributed by atoms with Crippen LogP contribution in [0.15, 0.2) is 30.3 Å². The van der Waals surface area contributed by atoms with Crippen LogP contribution in [-0.4, -0.2) is 16.6 Å². The summed E-state index contributed by atoms with van der Waals surface area (Å²) in [5.74, 6) is 2.48. The number of halogens is 1. The molecule has 0 atom stereocenters. The molecule has 0 saturated heterocycles. The van der Waals surface area contributed by atoms with E-state index in [1.165, 1.54) is 12.1 Å². The lowest BCUT2D eigenvalue weighted by Gasteiger charge is -2.10. The Balaban J connectivity index is 1.70. The number of nitrogens with one attached hydrogen (secondary N) is 1. The summed E-state index contributed by atoms with van der Waals surface area (Å²) in [5, 5.41) is 3.27. The molecule has 1 heterocycles. The number of aromatic nitrogens is 2. The van der Waals surface area contributed by atoms with E-state index in [4.69, 9.17) is 4.74 Å². The maximum Gasteiger partial charge on any atom is 0.218 e. The van der Waals surface area contributed by atoms with Crippen molar-refractivity contribution in [2.75, 3.05) is 11.9 Å². The Labute approximate surface area is 129 Å². The lowest BCUT2D eigenvalue weighted by Crippen LogP contribution is -2.06. The second-order valence-corrected chi connectivity index (χ2v) is 5.55. The van der Waals surface area contributed by atoms with Gasteiger partial charge >= 0.3 is 0 Å². The molecular weight excluding hydrogens is 281 g/mol. The lowest BCUT2D eigenvalue weighted by molar-refractivity contribution is 0.303. The predicted octanol–water partition coefficient (Wildman–Crippen LogP) is 3.89. The summed E-state index contributed by atoms with van der Waals surface area (Å²) in [5.41, 5.74) is 1.00. The quantitative estimate of drug-likeness (QED) is 0.842. The smallest absolute Gasteiger partial charge is 0.218 e. The average Bonchev–Trinajstić information content (AvgIpc) is 3.37. The Kier molecular flexibility index (Phi) is 4.51. The zero-order valence-electron chi connectivity index (χ0n) is 12.7. The van der Waals surface area contributed by atoms with Crippen molar-refractivity contribution >= 4 is 5.82 Å². The van der Waals surface area contributed by atoms with Crippen LogP contribution in [0.5, 0.6) is 5.88 Å². The number of hydrogen-bond acceptors (Lipinski definition) is 4. The molecular formula is C17H20FN3O. The van der Waals surface area contributed by atoms with Gasteiger partial charge in [-0.3, -0.25) is 0 Å². The summed E-state index contributed by atoms with van der Waals surface area (Å²) in [4.78, 5) is 9.04. The zero-order valence-corrected chi connectivity index (χ0v) is 12.7. The molecule has 0 amide bonds. The third-order valence-corrected chi connectivity index (χ3v) is 3.50. The van der Waals surface area contributed by atoms with Gasteiger partial charge in [0.05, 0.1) is 6.61 Å². The molecule has 1 aliphatic rings. The van der Waals surface area contributed by atoms with E-state index >= 15 is 0 Å². The van der Waals surface area contributed by atoms with Gasteiger partial charge in [0.2, 0.25) is 5.88 Å². The Morgan fingerprint density at radius 2 is 2.00 bits per heavy atom. The second-order valence-electron chi connectivity index (χ2n) is 5.55. The Hall–Kier alpha value is -2.17. The standard InChI is InChI=1S/C17H20FN3O/c1-2-9-22-16-10-15(20-17(21-16)13-5-6-13)19-11-12-3-7-14(18)8-4-12/h3-4,7-8,10,13H,2,5-6,9,11H2,1H3,(H,19,20,21). The monoisotopic (exact) mass is 301 g/mol. The van der Waals surface area contributed by atoms with E-state index in [1.807, 2.05) is 6.07 Å². The number of nitrogens with zero attached hydrogens (tertiary/aromatic N) is 2. The van der Waals surface area contributed by atoms with Crippen LogP contribution in [0.4, 0.5) is 10.2 Å². The molecule has 1 N–H and O–H groups in total. The summed E-state index contributed by atoms with van der Waals surface area (Å²) in [7, 11) is 0. The minimum atomic E-state index is -0.225. The highest BCUT2D eigenvalue weighted by Gasteiger charge is 2.27. The van der Waals surface area contributed by atoms with Gasteiger partial charge in [0.15, 0.2) is 0 Å². The molecule has 1 aliphatic carbocycles. The van der Waals surface area contributed by atoms with Gasteiger partial charge < -0.3 is 10.1 Å². The first-order chi connectivity index (χ1) is 10.7. The number of anilines is 1. The third-order valence-electron chi connectivity index (χ3n) is 3.50. The van der Waals surface area contributed by atoms with Gasteiger partial charge in [0, 0.05) is 18.5 Å². The molecule has 0 unspecified atom stereocenters. The van der Waals surface area contributed by atoms with E-state index in [9.17, 15) is 4.39 Å². The molecule has 1 fully saturated rings. The lowest BCUT2D eigenvalue weighted by atomic mass is 10.2. The van der Waals surface area contributed by atoms with Gasteiger partial charge in [-0.15, -0.1) is 0 Å². The Morgan fingerprint density at radius 3 is 2.68 bits per heavy atom. The predicted molar refractivity (Wildman–Crippen MR) is 83.5 cm³/mol. The SMILES string of the molecule is CCCOc1cc(NCc2ccc(F)cc2)nc(C2CC2)n1. The van der Waals surface area contributed by atoms with Crippen LogP contribution in [0, 0.1) is 5.82 Å². The van der Waals surface area contributed by atoms with Crippen molar-refractivity contribution in [2.45, 2.75) is 38.6 Å². The van der Waals surface area contributed by atoms with E-state index in [2.05, 4.69) is 22.2 Å². The van der Waals surface area contributed by atoms with E-state index < -0.39 is 0 Å². The zero-order chi connectivity index (χ0) is 15.4. The fourth-order valence-corrected chi connectivity index (χ4v) is 2.13. The first-order valence-corrected chi connectivity index (χ1v) is 7.74. The fraction of sp³-hybridized carbons (Fsp3) is 0.412. The number of ether oxygens (including phenoxy) is 1. The van der Waals surface area contributed by atoms with Crippen LogP contribution in [-0.2, 0) is 6.54 Å². The van der Waals surface area contributed by atoms with Gasteiger partial charge in [-0.05, 0) is 37.0 Å². The molecule has 1 aromatic heterocycles. The first kappa shape index (κ1) is 14.8. The van der Waals surface area contributed by atoms with Crippen LogP contribution in [0.2, 0.25) is 0 Å². The van der Waals surface area contributed by atoms with Crippen LogP contribution in [0.1, 0.15) is 43.5 Å². The molecule has 1 aromatic carbocycles. The molecule has 0 radical (unpaired) electrons. The van der Waals surface area contributed by atoms with Gasteiger partial charge in [-0.2, -0.15) is 4.98 Å². The van der Waals surface area contributed by atoms with Gasteiger partial charge in [-0.25, -0.2) is 9.37 Å². The van der Waals surface area contributed by atoms with E-state index in [-0.39, 0.29) is 5.82 Å². The van der Waals surface area contributed by atoms with Gasteiger partial charge in [0.25, 0.3) is 0 Å². The maximum atomic E-state index is 12.9. The summed E-state index contributed by atoms with van der Waals surface area (Å²) in [6.07, 6.45) is 3.24. The second kappa shape index (κ2) is 6.73. The molecule has 3 rings (SSSR count). The fourth-order valence-electron chi connectivity index (χ4n) is 2.13. The maximum absolute atomic E-state index is 12.9. The minimum Gasteiger partial charge on any atom is -0.478 e. The number of benzene rings is 1. The van der Waals surface area contributed by atoms with Crippen LogP contribution < -0.4 is 10.1 Å². The summed E-state index contributed by atoms with van der Waals surface area (Å²) in [6.45, 7) is 3.31. The summed E-state index contributed by atoms with van der Waals surface area (Å²) >= 11 is 0. The van der Waals surface area contributed by atoms with E-state index in [1.54, 1.807) is 12.1 Å². The molecule has 2 aromatic rings. The van der Waals surface area contributed by atoms with E-state index in [0.717, 1.165) is 36.5 Å². The molecule has 1 saturated carbocycles. The Morgan fingerprint density at radius 1 is 1.23 bits per heavy atom.